The molecule has 0 aliphatic carbocycles. The highest BCUT2D eigenvalue weighted by molar-refractivity contribution is 7.88. The lowest BCUT2D eigenvalue weighted by Gasteiger charge is -2.46. The van der Waals surface area contributed by atoms with Crippen molar-refractivity contribution >= 4 is 20.9 Å². The predicted molar refractivity (Wildman–Crippen MR) is 121 cm³/mol. The zero-order valence-corrected chi connectivity index (χ0v) is 18.5. The summed E-state index contributed by atoms with van der Waals surface area (Å²) in [6, 6.07) is 13.0. The molecule has 1 aromatic carbocycles. The van der Waals surface area contributed by atoms with Crippen LogP contribution in [0.4, 0.5) is 0 Å². The largest absolute Gasteiger partial charge is 0.328 e. The summed E-state index contributed by atoms with van der Waals surface area (Å²) in [6.45, 7) is 0.337. The lowest BCUT2D eigenvalue weighted by molar-refractivity contribution is 0.0704. The van der Waals surface area contributed by atoms with Crippen molar-refractivity contribution in [2.45, 2.75) is 12.0 Å². The Balaban J connectivity index is 1.60. The first-order valence-electron chi connectivity index (χ1n) is 10.1. The summed E-state index contributed by atoms with van der Waals surface area (Å²) >= 11 is 0. The zero-order valence-electron chi connectivity index (χ0n) is 17.6. The van der Waals surface area contributed by atoms with Crippen LogP contribution in [-0.4, -0.2) is 57.0 Å². The van der Waals surface area contributed by atoms with Gasteiger partial charge in [-0.05, 0) is 35.4 Å². The van der Waals surface area contributed by atoms with Gasteiger partial charge in [0, 0.05) is 42.5 Å². The molecule has 0 unspecified atom stereocenters. The van der Waals surface area contributed by atoms with E-state index in [0.29, 0.717) is 5.69 Å². The molecule has 1 fully saturated rings. The normalized spacial score (nSPS) is 15.8. The molecule has 0 spiro atoms. The van der Waals surface area contributed by atoms with E-state index >= 15 is 0 Å². The van der Waals surface area contributed by atoms with Gasteiger partial charge in [0.1, 0.15) is 11.2 Å². The molecule has 0 bridgehead atoms. The molecule has 0 saturated carbocycles. The van der Waals surface area contributed by atoms with Crippen LogP contribution in [0, 0.1) is 11.3 Å². The van der Waals surface area contributed by atoms with Crippen LogP contribution in [0.3, 0.4) is 0 Å². The van der Waals surface area contributed by atoms with Crippen LogP contribution in [-0.2, 0) is 15.6 Å². The summed E-state index contributed by atoms with van der Waals surface area (Å²) in [5.74, 6) is 0. The Hall–Kier alpha value is -3.88. The quantitative estimate of drug-likeness (QED) is 0.478. The van der Waals surface area contributed by atoms with E-state index < -0.39 is 15.6 Å². The van der Waals surface area contributed by atoms with Gasteiger partial charge in [-0.15, -0.1) is 5.10 Å². The minimum atomic E-state index is -3.35. The lowest BCUT2D eigenvalue weighted by atomic mass is 9.89. The van der Waals surface area contributed by atoms with Gasteiger partial charge >= 0.3 is 0 Å². The molecule has 4 aromatic rings. The molecule has 166 valence electrons. The van der Waals surface area contributed by atoms with Gasteiger partial charge in [0.2, 0.25) is 15.6 Å². The van der Waals surface area contributed by atoms with Crippen LogP contribution in [0.5, 0.6) is 0 Å². The maximum atomic E-state index is 11.9. The van der Waals surface area contributed by atoms with Crippen molar-refractivity contribution in [2.24, 2.45) is 0 Å². The number of nitriles is 1. The third kappa shape index (κ3) is 3.69. The Morgan fingerprint density at radius 1 is 1.21 bits per heavy atom. The SMILES string of the molecule is CS(=O)(=O)N1CC(CC#N)(n2cc(-c3cc(-c4ccc(=O)[nH]c4)cc4ncccc34)nn2)C1. The van der Waals surface area contributed by atoms with Crippen LogP contribution in [0.25, 0.3) is 33.3 Å². The third-order valence-electron chi connectivity index (χ3n) is 5.91. The highest BCUT2D eigenvalue weighted by atomic mass is 32.2. The van der Waals surface area contributed by atoms with E-state index in [-0.39, 0.29) is 25.1 Å². The Morgan fingerprint density at radius 3 is 2.73 bits per heavy atom. The van der Waals surface area contributed by atoms with Crippen molar-refractivity contribution in [1.82, 2.24) is 29.3 Å². The summed E-state index contributed by atoms with van der Waals surface area (Å²) < 4.78 is 26.7. The molecule has 4 heterocycles. The average Bonchev–Trinajstić information content (AvgIpc) is 3.25. The number of aromatic nitrogens is 5. The first-order valence-corrected chi connectivity index (χ1v) is 12.0. The number of sulfonamides is 1. The fourth-order valence-corrected chi connectivity index (χ4v) is 5.05. The molecule has 5 rings (SSSR count). The van der Waals surface area contributed by atoms with Crippen molar-refractivity contribution in [1.29, 1.82) is 5.26 Å². The zero-order chi connectivity index (χ0) is 23.2. The van der Waals surface area contributed by atoms with Crippen molar-refractivity contribution in [3.63, 3.8) is 0 Å². The molecule has 0 amide bonds. The van der Waals surface area contributed by atoms with Gasteiger partial charge in [0.05, 0.1) is 30.5 Å². The fourth-order valence-electron chi connectivity index (χ4n) is 4.10. The van der Waals surface area contributed by atoms with Gasteiger partial charge in [0.15, 0.2) is 0 Å². The smallest absolute Gasteiger partial charge is 0.247 e. The number of nitrogens with one attached hydrogen (secondary N) is 1. The minimum Gasteiger partial charge on any atom is -0.328 e. The van der Waals surface area contributed by atoms with Crippen molar-refractivity contribution in [3.05, 3.63) is 65.3 Å². The number of H-pyrrole nitrogens is 1. The molecule has 1 aliphatic rings. The Morgan fingerprint density at radius 2 is 2.03 bits per heavy atom. The first-order chi connectivity index (χ1) is 15.8. The predicted octanol–water partition coefficient (Wildman–Crippen LogP) is 1.73. The van der Waals surface area contributed by atoms with Gasteiger partial charge in [-0.3, -0.25) is 9.78 Å². The molecule has 3 aromatic heterocycles. The van der Waals surface area contributed by atoms with Gasteiger partial charge in [-0.25, -0.2) is 13.1 Å². The number of hydrogen-bond donors (Lipinski definition) is 1. The number of rotatable bonds is 5. The minimum absolute atomic E-state index is 0.113. The van der Waals surface area contributed by atoms with E-state index in [4.69, 9.17) is 0 Å². The van der Waals surface area contributed by atoms with Gasteiger partial charge in [-0.1, -0.05) is 11.3 Å². The van der Waals surface area contributed by atoms with Gasteiger partial charge in [-0.2, -0.15) is 9.57 Å². The Bertz CT molecular complexity index is 1560. The summed E-state index contributed by atoms with van der Waals surface area (Å²) in [5, 5.41) is 18.8. The molecule has 1 saturated heterocycles. The summed E-state index contributed by atoms with van der Waals surface area (Å²) in [6.07, 6.45) is 6.35. The highest BCUT2D eigenvalue weighted by Gasteiger charge is 2.49. The average molecular weight is 462 g/mol. The van der Waals surface area contributed by atoms with E-state index in [9.17, 15) is 18.5 Å². The second kappa shape index (κ2) is 7.61. The first kappa shape index (κ1) is 21.0. The van der Waals surface area contributed by atoms with E-state index in [1.807, 2.05) is 24.3 Å². The molecule has 1 aliphatic heterocycles. The fraction of sp³-hybridized carbons (Fsp3) is 0.227. The number of aromatic amines is 1. The molecule has 0 atom stereocenters. The Labute approximate surface area is 189 Å². The van der Waals surface area contributed by atoms with Crippen molar-refractivity contribution in [2.75, 3.05) is 19.3 Å². The monoisotopic (exact) mass is 461 g/mol. The van der Waals surface area contributed by atoms with Crippen molar-refractivity contribution in [3.8, 4) is 28.5 Å². The summed E-state index contributed by atoms with van der Waals surface area (Å²) in [7, 11) is -3.35. The van der Waals surface area contributed by atoms with Gasteiger partial charge < -0.3 is 4.98 Å². The number of pyridine rings is 2. The third-order valence-corrected chi connectivity index (χ3v) is 7.11. The maximum Gasteiger partial charge on any atom is 0.247 e. The van der Waals surface area contributed by atoms with Crippen LogP contribution in [0.2, 0.25) is 0 Å². The second-order valence-corrected chi connectivity index (χ2v) is 10.2. The Kier molecular flexibility index (Phi) is 4.84. The van der Waals surface area contributed by atoms with Crippen LogP contribution in [0.15, 0.2) is 59.8 Å². The van der Waals surface area contributed by atoms with Gasteiger partial charge in [0.25, 0.3) is 0 Å². The van der Waals surface area contributed by atoms with E-state index in [0.717, 1.165) is 33.8 Å². The van der Waals surface area contributed by atoms with E-state index in [1.54, 1.807) is 29.3 Å². The molecule has 1 N–H and O–H groups in total. The molecule has 0 radical (unpaired) electrons. The van der Waals surface area contributed by atoms with E-state index in [1.165, 1.54) is 10.4 Å². The second-order valence-electron chi connectivity index (χ2n) is 8.17. The molecular weight excluding hydrogens is 442 g/mol. The standard InChI is InChI=1S/C22H19N7O3S/c1-33(31,32)28-13-22(14-28,6-7-23)29-12-20(26-27-29)18-9-16(15-4-5-21(30)25-11-15)10-19-17(18)3-2-8-24-19/h2-5,8-12H,6,13-14H2,1H3,(H,25,30). The van der Waals surface area contributed by atoms with E-state index in [2.05, 4.69) is 26.3 Å². The number of nitrogens with zero attached hydrogens (tertiary/aromatic N) is 6. The number of benzene rings is 1. The number of fused-ring (bicyclic) bond motifs is 1. The van der Waals surface area contributed by atoms with Crippen LogP contribution >= 0.6 is 0 Å². The molecule has 10 nitrogen and oxygen atoms in total. The maximum absolute atomic E-state index is 11.9. The summed E-state index contributed by atoms with van der Waals surface area (Å²) in [5.41, 5.74) is 2.85. The molecular formula is C22H19N7O3S. The van der Waals surface area contributed by atoms with Crippen LogP contribution in [0.1, 0.15) is 6.42 Å². The van der Waals surface area contributed by atoms with Crippen molar-refractivity contribution < 1.29 is 8.42 Å². The highest BCUT2D eigenvalue weighted by Crippen LogP contribution is 2.36. The summed E-state index contributed by atoms with van der Waals surface area (Å²) in [4.78, 5) is 18.6. The molecule has 11 heteroatoms. The number of hydrogen-bond acceptors (Lipinski definition) is 7. The molecule has 33 heavy (non-hydrogen) atoms. The lowest BCUT2D eigenvalue weighted by Crippen LogP contribution is -2.63. The van der Waals surface area contributed by atoms with Crippen LogP contribution < -0.4 is 5.56 Å². The topological polar surface area (TPSA) is 138 Å².